The van der Waals surface area contributed by atoms with Crippen LogP contribution in [0.4, 0.5) is 10.3 Å². The second-order valence-electron chi connectivity index (χ2n) is 9.68. The number of anilines is 1. The SMILES string of the molecule is NC(=O)c1cc(F)cc2[nH]c(-c3ccc(C(=O)N4CCN(c5ncc(C(=O)NC6CC6)cn5)CC4)cc3)nc12. The zero-order chi connectivity index (χ0) is 27.1. The molecular formula is C27H25FN8O3. The van der Waals surface area contributed by atoms with E-state index in [4.69, 9.17) is 5.73 Å². The number of H-pyrrole nitrogens is 1. The van der Waals surface area contributed by atoms with Gasteiger partial charge < -0.3 is 25.8 Å². The first kappa shape index (κ1) is 24.5. The summed E-state index contributed by atoms with van der Waals surface area (Å²) in [6.07, 6.45) is 5.10. The Morgan fingerprint density at radius 1 is 0.974 bits per heavy atom. The first-order valence-corrected chi connectivity index (χ1v) is 12.6. The Labute approximate surface area is 222 Å². The quantitative estimate of drug-likeness (QED) is 0.347. The van der Waals surface area contributed by atoms with Crippen molar-refractivity contribution in [2.24, 2.45) is 5.73 Å². The van der Waals surface area contributed by atoms with Gasteiger partial charge in [-0.1, -0.05) is 12.1 Å². The number of rotatable bonds is 6. The zero-order valence-corrected chi connectivity index (χ0v) is 20.9. The Hall–Kier alpha value is -4.87. The largest absolute Gasteiger partial charge is 0.366 e. The molecule has 4 aromatic rings. The van der Waals surface area contributed by atoms with Crippen molar-refractivity contribution >= 4 is 34.7 Å². The molecule has 2 fully saturated rings. The fourth-order valence-electron chi connectivity index (χ4n) is 4.57. The van der Waals surface area contributed by atoms with Crippen molar-refractivity contribution in [3.05, 3.63) is 71.3 Å². The predicted octanol–water partition coefficient (Wildman–Crippen LogP) is 2.11. The summed E-state index contributed by atoms with van der Waals surface area (Å²) in [5.41, 5.74) is 7.65. The van der Waals surface area contributed by atoms with Crippen LogP contribution < -0.4 is 16.0 Å². The number of carbonyl (C=O) groups excluding carboxylic acids is 3. The number of benzene rings is 2. The summed E-state index contributed by atoms with van der Waals surface area (Å²) < 4.78 is 13.9. The number of carbonyl (C=O) groups is 3. The Morgan fingerprint density at radius 3 is 2.31 bits per heavy atom. The lowest BCUT2D eigenvalue weighted by Gasteiger charge is -2.34. The number of aromatic amines is 1. The molecule has 0 atom stereocenters. The number of nitrogens with two attached hydrogens (primary N) is 1. The van der Waals surface area contributed by atoms with E-state index >= 15 is 0 Å². The number of imidazole rings is 1. The van der Waals surface area contributed by atoms with Crippen molar-refractivity contribution < 1.29 is 18.8 Å². The number of piperazine rings is 1. The van der Waals surface area contributed by atoms with Gasteiger partial charge in [0.1, 0.15) is 17.2 Å². The second-order valence-corrected chi connectivity index (χ2v) is 9.68. The maximum atomic E-state index is 13.9. The number of aromatic nitrogens is 4. The van der Waals surface area contributed by atoms with Gasteiger partial charge in [-0.2, -0.15) is 0 Å². The van der Waals surface area contributed by atoms with Crippen LogP contribution in [-0.4, -0.2) is 74.8 Å². The number of nitrogens with one attached hydrogen (secondary N) is 2. The molecule has 2 aliphatic rings. The average Bonchev–Trinajstić information content (AvgIpc) is 3.67. The molecule has 3 heterocycles. The maximum Gasteiger partial charge on any atom is 0.254 e. The molecule has 1 saturated heterocycles. The van der Waals surface area contributed by atoms with Crippen LogP contribution in [0.5, 0.6) is 0 Å². The van der Waals surface area contributed by atoms with E-state index in [1.165, 1.54) is 18.5 Å². The topological polar surface area (TPSA) is 150 Å². The van der Waals surface area contributed by atoms with Crippen molar-refractivity contribution in [1.82, 2.24) is 30.2 Å². The molecular weight excluding hydrogens is 503 g/mol. The summed E-state index contributed by atoms with van der Waals surface area (Å²) in [7, 11) is 0. The number of fused-ring (bicyclic) bond motifs is 1. The third kappa shape index (κ3) is 5.00. The van der Waals surface area contributed by atoms with Crippen molar-refractivity contribution in [2.75, 3.05) is 31.1 Å². The van der Waals surface area contributed by atoms with E-state index in [9.17, 15) is 18.8 Å². The van der Waals surface area contributed by atoms with E-state index in [1.807, 2.05) is 4.90 Å². The fourth-order valence-corrected chi connectivity index (χ4v) is 4.57. The molecule has 3 amide bonds. The Balaban J connectivity index is 1.09. The minimum atomic E-state index is -0.765. The van der Waals surface area contributed by atoms with Crippen molar-refractivity contribution in [3.63, 3.8) is 0 Å². The third-order valence-electron chi connectivity index (χ3n) is 6.88. The van der Waals surface area contributed by atoms with Crippen LogP contribution in [-0.2, 0) is 0 Å². The molecule has 39 heavy (non-hydrogen) atoms. The Morgan fingerprint density at radius 2 is 1.67 bits per heavy atom. The van der Waals surface area contributed by atoms with Gasteiger partial charge in [-0.25, -0.2) is 19.3 Å². The molecule has 1 aliphatic heterocycles. The molecule has 0 bridgehead atoms. The minimum Gasteiger partial charge on any atom is -0.366 e. The van der Waals surface area contributed by atoms with Gasteiger partial charge in [-0.15, -0.1) is 0 Å². The number of hydrogen-bond acceptors (Lipinski definition) is 7. The average molecular weight is 529 g/mol. The fraction of sp³-hybridized carbons (Fsp3) is 0.259. The third-order valence-corrected chi connectivity index (χ3v) is 6.88. The van der Waals surface area contributed by atoms with Gasteiger partial charge in [0, 0.05) is 55.7 Å². The molecule has 0 unspecified atom stereocenters. The number of hydrogen-bond donors (Lipinski definition) is 3. The molecule has 198 valence electrons. The molecule has 11 nitrogen and oxygen atoms in total. The smallest absolute Gasteiger partial charge is 0.254 e. The van der Waals surface area contributed by atoms with Crippen molar-refractivity contribution in [2.45, 2.75) is 18.9 Å². The van der Waals surface area contributed by atoms with Crippen LogP contribution in [0, 0.1) is 5.82 Å². The lowest BCUT2D eigenvalue weighted by Crippen LogP contribution is -2.49. The highest BCUT2D eigenvalue weighted by Gasteiger charge is 2.26. The lowest BCUT2D eigenvalue weighted by atomic mass is 10.1. The van der Waals surface area contributed by atoms with Crippen LogP contribution in [0.15, 0.2) is 48.8 Å². The van der Waals surface area contributed by atoms with Gasteiger partial charge in [0.25, 0.3) is 17.7 Å². The van der Waals surface area contributed by atoms with E-state index in [0.717, 1.165) is 18.9 Å². The summed E-state index contributed by atoms with van der Waals surface area (Å²) in [4.78, 5) is 56.8. The van der Waals surface area contributed by atoms with Crippen molar-refractivity contribution in [1.29, 1.82) is 0 Å². The summed E-state index contributed by atoms with van der Waals surface area (Å²) in [5, 5.41) is 2.92. The van der Waals surface area contributed by atoms with Crippen molar-refractivity contribution in [3.8, 4) is 11.4 Å². The van der Waals surface area contributed by atoms with Gasteiger partial charge in [0.2, 0.25) is 5.95 Å². The van der Waals surface area contributed by atoms with E-state index in [-0.39, 0.29) is 28.9 Å². The number of nitrogens with zero attached hydrogens (tertiary/aromatic N) is 5. The Kier molecular flexibility index (Phi) is 6.14. The summed E-state index contributed by atoms with van der Waals surface area (Å²) in [6.45, 7) is 2.13. The molecule has 2 aromatic heterocycles. The molecule has 12 heteroatoms. The van der Waals surface area contributed by atoms with Crippen LogP contribution in [0.25, 0.3) is 22.4 Å². The highest BCUT2D eigenvalue weighted by atomic mass is 19.1. The number of amides is 3. The van der Waals surface area contributed by atoms with E-state index in [2.05, 4.69) is 25.3 Å². The highest BCUT2D eigenvalue weighted by Crippen LogP contribution is 2.25. The number of halogens is 1. The Bertz CT molecular complexity index is 1570. The van der Waals surface area contributed by atoms with Crippen LogP contribution in [0.1, 0.15) is 43.9 Å². The highest BCUT2D eigenvalue weighted by molar-refractivity contribution is 6.04. The van der Waals surface area contributed by atoms with E-state index < -0.39 is 11.7 Å². The predicted molar refractivity (Wildman–Crippen MR) is 141 cm³/mol. The van der Waals surface area contributed by atoms with Crippen LogP contribution >= 0.6 is 0 Å². The molecule has 1 saturated carbocycles. The summed E-state index contributed by atoms with van der Waals surface area (Å²) in [6, 6.07) is 9.50. The van der Waals surface area contributed by atoms with Crippen LogP contribution in [0.3, 0.4) is 0 Å². The van der Waals surface area contributed by atoms with Gasteiger partial charge in [0.05, 0.1) is 16.6 Å². The van der Waals surface area contributed by atoms with Gasteiger partial charge in [-0.05, 0) is 37.1 Å². The lowest BCUT2D eigenvalue weighted by molar-refractivity contribution is 0.0745. The second kappa shape index (κ2) is 9.78. The first-order chi connectivity index (χ1) is 18.9. The molecule has 0 radical (unpaired) electrons. The normalized spacial score (nSPS) is 15.4. The standard InChI is InChI=1S/C27H25FN8O3/c28-18-11-20(23(29)37)22-21(12-18)33-24(34-22)15-1-3-16(4-2-15)26(39)35-7-9-36(10-8-35)27-30-13-17(14-31-27)25(38)32-19-5-6-19/h1-4,11-14,19H,5-10H2,(H2,29,37)(H,32,38)(H,33,34). The zero-order valence-electron chi connectivity index (χ0n) is 20.9. The maximum absolute atomic E-state index is 13.9. The van der Waals surface area contributed by atoms with Gasteiger partial charge >= 0.3 is 0 Å². The summed E-state index contributed by atoms with van der Waals surface area (Å²) in [5.74, 6) is -0.653. The van der Waals surface area contributed by atoms with Gasteiger partial charge in [0.15, 0.2) is 0 Å². The molecule has 0 spiro atoms. The molecule has 4 N–H and O–H groups in total. The minimum absolute atomic E-state index is 0.00106. The monoisotopic (exact) mass is 528 g/mol. The molecule has 6 rings (SSSR count). The molecule has 1 aliphatic carbocycles. The molecule has 2 aromatic carbocycles. The summed E-state index contributed by atoms with van der Waals surface area (Å²) >= 11 is 0. The first-order valence-electron chi connectivity index (χ1n) is 12.6. The number of primary amides is 1. The van der Waals surface area contributed by atoms with Crippen LogP contribution in [0.2, 0.25) is 0 Å². The van der Waals surface area contributed by atoms with E-state index in [1.54, 1.807) is 29.2 Å². The van der Waals surface area contributed by atoms with E-state index in [0.29, 0.717) is 60.2 Å². The van der Waals surface area contributed by atoms with Gasteiger partial charge in [-0.3, -0.25) is 14.4 Å².